The molecule has 65 heavy (non-hydrogen) atoms. The van der Waals surface area contributed by atoms with Crippen molar-refractivity contribution >= 4 is 44.6 Å². The predicted octanol–water partition coefficient (Wildman–Crippen LogP) is 16.1. The molecular formula is C59H61N4OPt-3. The van der Waals surface area contributed by atoms with Crippen LogP contribution in [0.25, 0.3) is 38.8 Å². The largest absolute Gasteiger partial charge is 0.509 e. The average Bonchev–Trinajstić information content (AvgIpc) is 3.78. The first kappa shape index (κ1) is 45.9. The molecule has 0 atom stereocenters. The van der Waals surface area contributed by atoms with Gasteiger partial charge in [0, 0.05) is 66.9 Å². The second-order valence-corrected chi connectivity index (χ2v) is 21.7. The average molecular weight is 1040 g/mol. The van der Waals surface area contributed by atoms with Gasteiger partial charge in [0.05, 0.1) is 0 Å². The monoisotopic (exact) mass is 1040 g/mol. The Morgan fingerprint density at radius 1 is 0.538 bits per heavy atom. The molecule has 0 bridgehead atoms. The fourth-order valence-corrected chi connectivity index (χ4v) is 8.68. The molecule has 0 N–H and O–H groups in total. The number of aromatic nitrogens is 2. The van der Waals surface area contributed by atoms with E-state index in [9.17, 15) is 0 Å². The zero-order valence-electron chi connectivity index (χ0n) is 40.2. The van der Waals surface area contributed by atoms with Crippen molar-refractivity contribution in [3.63, 3.8) is 0 Å². The standard InChI is InChI=1S/C59H61N4O.Pt/c1-38-29-55(60-36-50(38)39-21-23-40(24-22-39)56(2,3)4)63-51-20-15-14-19-48(51)49-27-26-47(35-53(49)63)64-46-18-16-17-44(34-46)61-37-62(52-28-25-41(33-54(52)61)57(5,6)7)45-31-42(58(8,9)10)30-43(32-45)59(11,12)13;/h14-33,36-37H,1-13H3;/q-3;. The Hall–Kier alpha value is -5.64. The molecule has 8 aromatic rings. The number of fused-ring (bicyclic) bond motifs is 4. The van der Waals surface area contributed by atoms with Crippen LogP contribution in [0.2, 0.25) is 0 Å². The Kier molecular flexibility index (Phi) is 11.8. The summed E-state index contributed by atoms with van der Waals surface area (Å²) in [7, 11) is 0. The van der Waals surface area contributed by atoms with Crippen LogP contribution in [-0.2, 0) is 42.7 Å². The Balaban J connectivity index is 0.00000576. The van der Waals surface area contributed by atoms with E-state index in [-0.39, 0.29) is 42.7 Å². The SMILES string of the molecule is Cc1cc(-n2c3[c-]c(Oc4[c-]c(N5[CH-]N(c6cc(C(C)(C)C)cc(C(C)(C)C)c6)c6ccc(C(C)(C)C)cc65)ccc4)ccc3c3ccccc32)ncc1-c1ccc(C(C)(C)C)cc1.[Pt]. The Morgan fingerprint density at radius 2 is 1.17 bits per heavy atom. The molecule has 9 rings (SSSR count). The van der Waals surface area contributed by atoms with E-state index in [0.29, 0.717) is 11.5 Å². The van der Waals surface area contributed by atoms with Gasteiger partial charge in [-0.25, -0.2) is 4.98 Å². The van der Waals surface area contributed by atoms with Crippen LogP contribution in [0.15, 0.2) is 128 Å². The maximum absolute atomic E-state index is 6.69. The van der Waals surface area contributed by atoms with Crippen molar-refractivity contribution in [2.24, 2.45) is 0 Å². The number of benzene rings is 6. The molecule has 6 heteroatoms. The first-order valence-electron chi connectivity index (χ1n) is 22.6. The van der Waals surface area contributed by atoms with E-state index in [1.54, 1.807) is 0 Å². The minimum atomic E-state index is -0.0279. The zero-order chi connectivity index (χ0) is 45.5. The van der Waals surface area contributed by atoms with E-state index in [1.165, 1.54) is 22.3 Å². The molecule has 1 aliphatic heterocycles. The normalized spacial score (nSPS) is 13.4. The van der Waals surface area contributed by atoms with Crippen molar-refractivity contribution in [1.29, 1.82) is 0 Å². The van der Waals surface area contributed by atoms with Crippen molar-refractivity contribution < 1.29 is 25.8 Å². The summed E-state index contributed by atoms with van der Waals surface area (Å²) in [5, 5.41) is 2.23. The number of pyridine rings is 1. The van der Waals surface area contributed by atoms with Crippen LogP contribution in [0.3, 0.4) is 0 Å². The molecular weight excluding hydrogens is 976 g/mol. The third-order valence-corrected chi connectivity index (χ3v) is 12.7. The van der Waals surface area contributed by atoms with Crippen LogP contribution < -0.4 is 14.5 Å². The van der Waals surface area contributed by atoms with Gasteiger partial charge in [0.25, 0.3) is 0 Å². The topological polar surface area (TPSA) is 33.5 Å². The summed E-state index contributed by atoms with van der Waals surface area (Å²) in [5.74, 6) is 2.05. The predicted molar refractivity (Wildman–Crippen MR) is 269 cm³/mol. The fourth-order valence-electron chi connectivity index (χ4n) is 8.68. The number of hydrogen-bond acceptors (Lipinski definition) is 4. The van der Waals surface area contributed by atoms with Gasteiger partial charge in [-0.3, -0.25) is 0 Å². The van der Waals surface area contributed by atoms with Crippen LogP contribution in [0, 0.1) is 25.7 Å². The first-order chi connectivity index (χ1) is 30.1. The smallest absolute Gasteiger partial charge is 0.135 e. The zero-order valence-corrected chi connectivity index (χ0v) is 42.5. The molecule has 1 aliphatic rings. The van der Waals surface area contributed by atoms with E-state index in [1.807, 2.05) is 24.4 Å². The molecule has 5 nitrogen and oxygen atoms in total. The van der Waals surface area contributed by atoms with Crippen molar-refractivity contribution in [2.75, 3.05) is 9.80 Å². The van der Waals surface area contributed by atoms with E-state index in [0.717, 1.165) is 67.1 Å². The summed E-state index contributed by atoms with van der Waals surface area (Å²) >= 11 is 0. The van der Waals surface area contributed by atoms with Gasteiger partial charge in [-0.15, -0.1) is 48.1 Å². The number of anilines is 4. The van der Waals surface area contributed by atoms with Crippen LogP contribution in [0.4, 0.5) is 22.7 Å². The molecule has 0 aliphatic carbocycles. The number of rotatable bonds is 6. The number of para-hydroxylation sites is 1. The van der Waals surface area contributed by atoms with Crippen LogP contribution in [0.5, 0.6) is 11.5 Å². The second-order valence-electron chi connectivity index (χ2n) is 21.7. The Bertz CT molecular complexity index is 3030. The minimum Gasteiger partial charge on any atom is -0.509 e. The summed E-state index contributed by atoms with van der Waals surface area (Å²) < 4.78 is 8.90. The Morgan fingerprint density at radius 3 is 1.82 bits per heavy atom. The third kappa shape index (κ3) is 8.89. The number of ether oxygens (including phenoxy) is 1. The molecule has 336 valence electrons. The summed E-state index contributed by atoms with van der Waals surface area (Å²) in [6.07, 6.45) is 2.00. The summed E-state index contributed by atoms with van der Waals surface area (Å²) in [6.45, 7) is 31.7. The van der Waals surface area contributed by atoms with Gasteiger partial charge < -0.3 is 19.1 Å². The summed E-state index contributed by atoms with van der Waals surface area (Å²) in [6, 6.07) is 51.1. The van der Waals surface area contributed by atoms with Gasteiger partial charge in [-0.1, -0.05) is 143 Å². The van der Waals surface area contributed by atoms with E-state index >= 15 is 0 Å². The second kappa shape index (κ2) is 16.7. The minimum absolute atomic E-state index is 0. The maximum Gasteiger partial charge on any atom is 0.135 e. The molecule has 0 fully saturated rings. The van der Waals surface area contributed by atoms with Crippen molar-refractivity contribution in [1.82, 2.24) is 9.55 Å². The summed E-state index contributed by atoms with van der Waals surface area (Å²) in [5.41, 5.74) is 14.9. The quantitative estimate of drug-likeness (QED) is 0.155. The number of aryl methyl sites for hydroxylation is 1. The molecule has 0 amide bonds. The molecule has 3 heterocycles. The van der Waals surface area contributed by atoms with Gasteiger partial charge in [0.2, 0.25) is 0 Å². The molecule has 0 saturated heterocycles. The number of nitrogens with zero attached hydrogens (tertiary/aromatic N) is 4. The van der Waals surface area contributed by atoms with E-state index in [4.69, 9.17) is 9.72 Å². The summed E-state index contributed by atoms with van der Waals surface area (Å²) in [4.78, 5) is 9.66. The molecule has 2 aromatic heterocycles. The van der Waals surface area contributed by atoms with Gasteiger partial charge >= 0.3 is 0 Å². The van der Waals surface area contributed by atoms with Crippen LogP contribution >= 0.6 is 0 Å². The van der Waals surface area contributed by atoms with Gasteiger partial charge in [-0.05, 0) is 104 Å². The van der Waals surface area contributed by atoms with Crippen molar-refractivity contribution in [3.8, 4) is 28.4 Å². The Labute approximate surface area is 401 Å². The number of hydrogen-bond donors (Lipinski definition) is 0. The molecule has 0 spiro atoms. The molecule has 0 saturated carbocycles. The third-order valence-electron chi connectivity index (χ3n) is 12.7. The molecule has 6 aromatic carbocycles. The van der Waals surface area contributed by atoms with E-state index < -0.39 is 0 Å². The van der Waals surface area contributed by atoms with Gasteiger partial charge in [-0.2, -0.15) is 12.1 Å². The van der Waals surface area contributed by atoms with Crippen LogP contribution in [0.1, 0.15) is 111 Å². The van der Waals surface area contributed by atoms with Crippen LogP contribution in [-0.4, -0.2) is 9.55 Å². The van der Waals surface area contributed by atoms with Crippen molar-refractivity contribution in [3.05, 3.63) is 174 Å². The molecule has 0 unspecified atom stereocenters. The van der Waals surface area contributed by atoms with Crippen molar-refractivity contribution in [2.45, 2.75) is 112 Å². The molecule has 0 radical (unpaired) electrons. The van der Waals surface area contributed by atoms with Gasteiger partial charge in [0.1, 0.15) is 5.82 Å². The maximum atomic E-state index is 6.69. The van der Waals surface area contributed by atoms with Gasteiger partial charge in [0.15, 0.2) is 0 Å². The fraction of sp³-hybridized carbons (Fsp3) is 0.288. The first-order valence-corrected chi connectivity index (χ1v) is 22.6. The van der Waals surface area contributed by atoms with E-state index in [2.05, 4.69) is 226 Å².